The molecule has 0 radical (unpaired) electrons. The zero-order valence-corrected chi connectivity index (χ0v) is 14.6. The predicted octanol–water partition coefficient (Wildman–Crippen LogP) is 2.03. The van der Waals surface area contributed by atoms with E-state index in [0.29, 0.717) is 15.6 Å². The van der Waals surface area contributed by atoms with Crippen LogP contribution in [0.5, 0.6) is 0 Å². The van der Waals surface area contributed by atoms with Crippen LogP contribution in [0.1, 0.15) is 5.56 Å². The van der Waals surface area contributed by atoms with Crippen molar-refractivity contribution in [3.05, 3.63) is 54.6 Å². The zero-order valence-electron chi connectivity index (χ0n) is 13.1. The highest BCUT2D eigenvalue weighted by atomic mass is 35.5. The largest absolute Gasteiger partial charge is 0.332 e. The maximum Gasteiger partial charge on any atom is 0.332 e. The number of fused-ring (bicyclic) bond motifs is 1. The van der Waals surface area contributed by atoms with Crippen molar-refractivity contribution in [2.24, 2.45) is 26.1 Å². The van der Waals surface area contributed by atoms with Gasteiger partial charge in [0.2, 0.25) is 5.95 Å². The first-order valence-corrected chi connectivity index (χ1v) is 7.69. The first kappa shape index (κ1) is 16.5. The highest BCUT2D eigenvalue weighted by Gasteiger charge is 2.16. The molecular formula is C15H13Cl2N5O2. The van der Waals surface area contributed by atoms with Crippen molar-refractivity contribution in [3.8, 4) is 0 Å². The maximum atomic E-state index is 12.3. The molecule has 0 amide bonds. The second-order valence-electron chi connectivity index (χ2n) is 5.24. The molecular weight excluding hydrogens is 353 g/mol. The van der Waals surface area contributed by atoms with Crippen LogP contribution < -0.4 is 11.2 Å². The third kappa shape index (κ3) is 2.46. The van der Waals surface area contributed by atoms with Crippen LogP contribution in [-0.2, 0) is 21.1 Å². The van der Waals surface area contributed by atoms with Crippen LogP contribution in [0.15, 0.2) is 32.8 Å². The Labute approximate surface area is 146 Å². The van der Waals surface area contributed by atoms with Gasteiger partial charge in [0.05, 0.1) is 10.0 Å². The fourth-order valence-corrected chi connectivity index (χ4v) is 2.87. The van der Waals surface area contributed by atoms with Crippen LogP contribution >= 0.6 is 23.2 Å². The lowest BCUT2D eigenvalue weighted by molar-refractivity contribution is 0.705. The lowest BCUT2D eigenvalue weighted by Gasteiger charge is -2.02. The molecule has 0 unspecified atom stereocenters. The second-order valence-corrected chi connectivity index (χ2v) is 6.06. The van der Waals surface area contributed by atoms with Crippen LogP contribution in [0.2, 0.25) is 10.0 Å². The van der Waals surface area contributed by atoms with Crippen molar-refractivity contribution in [1.82, 2.24) is 18.7 Å². The number of aromatic nitrogens is 4. The van der Waals surface area contributed by atoms with E-state index in [-0.39, 0.29) is 17.1 Å². The van der Waals surface area contributed by atoms with E-state index in [0.717, 1.165) is 4.57 Å². The summed E-state index contributed by atoms with van der Waals surface area (Å²) in [5.74, 6) is 0.263. The number of aryl methyl sites for hydroxylation is 2. The van der Waals surface area contributed by atoms with E-state index in [2.05, 4.69) is 9.98 Å². The molecule has 0 saturated carbocycles. The van der Waals surface area contributed by atoms with Crippen molar-refractivity contribution in [3.63, 3.8) is 0 Å². The van der Waals surface area contributed by atoms with Gasteiger partial charge in [-0.25, -0.2) is 9.79 Å². The van der Waals surface area contributed by atoms with Gasteiger partial charge in [0.25, 0.3) is 5.56 Å². The summed E-state index contributed by atoms with van der Waals surface area (Å²) in [5, 5.41) is 0.904. The van der Waals surface area contributed by atoms with Crippen molar-refractivity contribution in [2.75, 3.05) is 0 Å². The van der Waals surface area contributed by atoms with Gasteiger partial charge in [0, 0.05) is 32.9 Å². The molecule has 7 nitrogen and oxygen atoms in total. The second kappa shape index (κ2) is 5.92. The Balaban J connectivity index is 2.22. The normalized spacial score (nSPS) is 11.7. The fraction of sp³-hybridized carbons (Fsp3) is 0.200. The molecule has 0 N–H and O–H groups in total. The first-order chi connectivity index (χ1) is 11.3. The van der Waals surface area contributed by atoms with Crippen molar-refractivity contribution < 1.29 is 0 Å². The summed E-state index contributed by atoms with van der Waals surface area (Å²) < 4.78 is 3.86. The standard InChI is InChI=1S/C15H13Cl2N5O2/c1-20-11-12(21(2)15(24)22(3)13(11)23)19-14(20)18-7-8-9(16)5-4-6-10(8)17/h4-7H,1-3H3/b18-7+. The number of halogens is 2. The van der Waals surface area contributed by atoms with E-state index in [9.17, 15) is 9.59 Å². The predicted molar refractivity (Wildman–Crippen MR) is 94.9 cm³/mol. The Morgan fingerprint density at radius 3 is 2.29 bits per heavy atom. The lowest BCUT2D eigenvalue weighted by Crippen LogP contribution is -2.37. The molecule has 0 aliphatic rings. The summed E-state index contributed by atoms with van der Waals surface area (Å²) >= 11 is 12.2. The molecule has 3 rings (SSSR count). The van der Waals surface area contributed by atoms with Gasteiger partial charge in [0.15, 0.2) is 11.2 Å². The van der Waals surface area contributed by atoms with Gasteiger partial charge in [-0.2, -0.15) is 4.98 Å². The third-order valence-electron chi connectivity index (χ3n) is 3.76. The zero-order chi connectivity index (χ0) is 17.6. The molecule has 0 spiro atoms. The number of benzene rings is 1. The summed E-state index contributed by atoms with van der Waals surface area (Å²) in [6.07, 6.45) is 1.48. The molecule has 0 aliphatic carbocycles. The van der Waals surface area contributed by atoms with Crippen LogP contribution in [-0.4, -0.2) is 24.9 Å². The highest BCUT2D eigenvalue weighted by molar-refractivity contribution is 6.38. The van der Waals surface area contributed by atoms with Crippen LogP contribution in [0, 0.1) is 0 Å². The van der Waals surface area contributed by atoms with Gasteiger partial charge in [0.1, 0.15) is 0 Å². The van der Waals surface area contributed by atoms with E-state index in [1.54, 1.807) is 32.3 Å². The summed E-state index contributed by atoms with van der Waals surface area (Å²) in [4.78, 5) is 32.9. The molecule has 0 atom stereocenters. The molecule has 2 aromatic heterocycles. The van der Waals surface area contributed by atoms with Crippen molar-refractivity contribution >= 4 is 46.5 Å². The number of hydrogen-bond acceptors (Lipinski definition) is 4. The molecule has 124 valence electrons. The van der Waals surface area contributed by atoms with Gasteiger partial charge in [-0.1, -0.05) is 29.3 Å². The topological polar surface area (TPSA) is 74.2 Å². The Hall–Kier alpha value is -2.38. The smallest absolute Gasteiger partial charge is 0.306 e. The highest BCUT2D eigenvalue weighted by Crippen LogP contribution is 2.23. The van der Waals surface area contributed by atoms with Crippen LogP contribution in [0.4, 0.5) is 5.95 Å². The van der Waals surface area contributed by atoms with Gasteiger partial charge in [-0.15, -0.1) is 0 Å². The van der Waals surface area contributed by atoms with Gasteiger partial charge < -0.3 is 4.57 Å². The quantitative estimate of drug-likeness (QED) is 0.652. The van der Waals surface area contributed by atoms with E-state index >= 15 is 0 Å². The molecule has 9 heteroatoms. The monoisotopic (exact) mass is 365 g/mol. The fourth-order valence-electron chi connectivity index (χ4n) is 2.38. The Morgan fingerprint density at radius 2 is 1.67 bits per heavy atom. The minimum absolute atomic E-state index is 0.263. The molecule has 0 saturated heterocycles. The number of rotatable bonds is 2. The minimum Gasteiger partial charge on any atom is -0.306 e. The van der Waals surface area contributed by atoms with Gasteiger partial charge in [-0.05, 0) is 12.1 Å². The van der Waals surface area contributed by atoms with Gasteiger partial charge in [-0.3, -0.25) is 13.9 Å². The molecule has 24 heavy (non-hydrogen) atoms. The average molecular weight is 366 g/mol. The average Bonchev–Trinajstić information content (AvgIpc) is 2.87. The number of hydrogen-bond donors (Lipinski definition) is 0. The SMILES string of the molecule is Cn1c(=O)c2c(nc(/N=C/c3c(Cl)cccc3Cl)n2C)n(C)c1=O. The maximum absolute atomic E-state index is 12.3. The molecule has 1 aromatic carbocycles. The Bertz CT molecular complexity index is 1090. The summed E-state index contributed by atoms with van der Waals surface area (Å²) in [6, 6.07) is 5.13. The molecule has 3 aromatic rings. The Kier molecular flexibility index (Phi) is 4.06. The lowest BCUT2D eigenvalue weighted by atomic mass is 10.2. The molecule has 0 fully saturated rings. The molecule has 0 bridgehead atoms. The van der Waals surface area contributed by atoms with Crippen molar-refractivity contribution in [1.29, 1.82) is 0 Å². The minimum atomic E-state index is -0.449. The van der Waals surface area contributed by atoms with Crippen LogP contribution in [0.3, 0.4) is 0 Å². The van der Waals surface area contributed by atoms with E-state index in [1.807, 2.05) is 0 Å². The summed E-state index contributed by atoms with van der Waals surface area (Å²) in [7, 11) is 4.63. The Morgan fingerprint density at radius 1 is 1.04 bits per heavy atom. The number of nitrogens with zero attached hydrogens (tertiary/aromatic N) is 5. The first-order valence-electron chi connectivity index (χ1n) is 6.93. The molecule has 2 heterocycles. The van der Waals surface area contributed by atoms with E-state index in [1.165, 1.54) is 22.4 Å². The van der Waals surface area contributed by atoms with E-state index < -0.39 is 11.2 Å². The summed E-state index contributed by atoms with van der Waals surface area (Å²) in [6.45, 7) is 0. The van der Waals surface area contributed by atoms with E-state index in [4.69, 9.17) is 23.2 Å². The third-order valence-corrected chi connectivity index (χ3v) is 4.42. The van der Waals surface area contributed by atoms with Gasteiger partial charge >= 0.3 is 5.69 Å². The molecule has 0 aliphatic heterocycles. The summed E-state index contributed by atoms with van der Waals surface area (Å²) in [5.41, 5.74) is 0.227. The van der Waals surface area contributed by atoms with Crippen molar-refractivity contribution in [2.45, 2.75) is 0 Å². The number of imidazole rings is 1. The van der Waals surface area contributed by atoms with Crippen LogP contribution in [0.25, 0.3) is 11.2 Å². The number of aliphatic imine (C=N–C) groups is 1.